The molecule has 1 heterocycles. The predicted molar refractivity (Wildman–Crippen MR) is 119 cm³/mol. The molecule has 3 aromatic rings. The number of rotatable bonds is 6. The fraction of sp³-hybridized carbons (Fsp3) is 0.240. The van der Waals surface area contributed by atoms with E-state index in [0.717, 1.165) is 11.3 Å². The first kappa shape index (κ1) is 20.6. The summed E-state index contributed by atoms with van der Waals surface area (Å²) in [4.78, 5) is 13.0. The van der Waals surface area contributed by atoms with Crippen LogP contribution in [0.15, 0.2) is 60.7 Å². The van der Waals surface area contributed by atoms with Crippen molar-refractivity contribution in [3.05, 3.63) is 71.8 Å². The number of ether oxygens (including phenoxy) is 4. The van der Waals surface area contributed by atoms with E-state index in [0.29, 0.717) is 34.2 Å². The molecule has 6 heteroatoms. The first-order valence-electron chi connectivity index (χ1n) is 10.1. The van der Waals surface area contributed by atoms with Crippen molar-refractivity contribution in [3.63, 3.8) is 0 Å². The summed E-state index contributed by atoms with van der Waals surface area (Å²) in [6.45, 7) is 4.11. The Morgan fingerprint density at radius 2 is 1.65 bits per heavy atom. The number of fused-ring (bicyclic) bond motifs is 1. The third-order valence-electron chi connectivity index (χ3n) is 5.50. The van der Waals surface area contributed by atoms with Crippen molar-refractivity contribution in [3.8, 4) is 28.7 Å². The molecule has 0 aliphatic carbocycles. The monoisotopic (exact) mass is 419 g/mol. The molecule has 4 rings (SSSR count). The molecule has 6 nitrogen and oxygen atoms in total. The number of carbonyl (C=O) groups excluding carboxylic acids is 1. The number of hydrogen-bond donors (Lipinski definition) is 1. The molecule has 0 aromatic heterocycles. The van der Waals surface area contributed by atoms with Gasteiger partial charge in [0.05, 0.1) is 19.8 Å². The van der Waals surface area contributed by atoms with Crippen LogP contribution in [0.1, 0.15) is 35.7 Å². The summed E-state index contributed by atoms with van der Waals surface area (Å²) in [7, 11) is 3.18. The number of hydrogen-bond acceptors (Lipinski definition) is 5. The molecule has 0 saturated heterocycles. The van der Waals surface area contributed by atoms with E-state index in [9.17, 15) is 4.79 Å². The lowest BCUT2D eigenvalue weighted by Gasteiger charge is -2.14. The van der Waals surface area contributed by atoms with Gasteiger partial charge < -0.3 is 24.3 Å². The lowest BCUT2D eigenvalue weighted by molar-refractivity contribution is 0.102. The van der Waals surface area contributed by atoms with Gasteiger partial charge in [0.1, 0.15) is 23.4 Å². The van der Waals surface area contributed by atoms with Crippen molar-refractivity contribution in [1.29, 1.82) is 0 Å². The van der Waals surface area contributed by atoms with Gasteiger partial charge in [0.2, 0.25) is 0 Å². The highest BCUT2D eigenvalue weighted by Gasteiger charge is 2.31. The lowest BCUT2D eigenvalue weighted by atomic mass is 9.97. The van der Waals surface area contributed by atoms with Crippen molar-refractivity contribution in [2.24, 2.45) is 0 Å². The molecule has 1 aliphatic rings. The van der Waals surface area contributed by atoms with E-state index in [1.807, 2.05) is 31.2 Å². The van der Waals surface area contributed by atoms with Gasteiger partial charge >= 0.3 is 0 Å². The minimum Gasteiger partial charge on any atom is -0.497 e. The molecule has 0 spiro atoms. The maximum Gasteiger partial charge on any atom is 0.259 e. The zero-order valence-corrected chi connectivity index (χ0v) is 18.0. The van der Waals surface area contributed by atoms with E-state index >= 15 is 0 Å². The number of methoxy groups -OCH3 is 2. The summed E-state index contributed by atoms with van der Waals surface area (Å²) in [5, 5.41) is 2.94. The molecular formula is C25H25NO5. The molecule has 2 unspecified atom stereocenters. The van der Waals surface area contributed by atoms with Gasteiger partial charge in [-0.05, 0) is 49.4 Å². The Kier molecular flexibility index (Phi) is 5.71. The molecular weight excluding hydrogens is 394 g/mol. The molecule has 0 saturated carbocycles. The zero-order valence-electron chi connectivity index (χ0n) is 18.0. The maximum absolute atomic E-state index is 13.0. The van der Waals surface area contributed by atoms with Crippen molar-refractivity contribution in [1.82, 2.24) is 0 Å². The van der Waals surface area contributed by atoms with Crippen LogP contribution in [0.2, 0.25) is 0 Å². The van der Waals surface area contributed by atoms with Gasteiger partial charge in [0, 0.05) is 23.2 Å². The molecule has 1 aliphatic heterocycles. The average Bonchev–Trinajstić information content (AvgIpc) is 3.08. The molecule has 0 bridgehead atoms. The standard InChI is InChI=1S/C25H25NO5/c1-15-16(2)30-24-20(15)6-5-7-21(24)25(27)26-17-8-13-22(29-4)23(14-17)31-19-11-9-18(28-3)10-12-19/h5-16H,1-4H3,(H,26,27). The normalized spacial score (nSPS) is 16.8. The Bertz CT molecular complexity index is 1090. The van der Waals surface area contributed by atoms with E-state index in [1.165, 1.54) is 0 Å². The van der Waals surface area contributed by atoms with Gasteiger partial charge in [-0.1, -0.05) is 19.1 Å². The van der Waals surface area contributed by atoms with Crippen LogP contribution < -0.4 is 24.3 Å². The number of para-hydroxylation sites is 1. The summed E-state index contributed by atoms with van der Waals surface area (Å²) in [5.41, 5.74) is 2.16. The Balaban J connectivity index is 1.57. The molecule has 160 valence electrons. The van der Waals surface area contributed by atoms with Gasteiger partial charge in [0.15, 0.2) is 11.5 Å². The molecule has 31 heavy (non-hydrogen) atoms. The Hall–Kier alpha value is -3.67. The van der Waals surface area contributed by atoms with Crippen molar-refractivity contribution in [2.45, 2.75) is 25.9 Å². The van der Waals surface area contributed by atoms with Crippen molar-refractivity contribution >= 4 is 11.6 Å². The summed E-state index contributed by atoms with van der Waals surface area (Å²) >= 11 is 0. The minimum absolute atomic E-state index is 0.0365. The second-order valence-corrected chi connectivity index (χ2v) is 7.43. The van der Waals surface area contributed by atoms with Gasteiger partial charge in [-0.15, -0.1) is 0 Å². The van der Waals surface area contributed by atoms with Crippen LogP contribution in [0.5, 0.6) is 28.7 Å². The van der Waals surface area contributed by atoms with Crippen LogP contribution in [-0.4, -0.2) is 26.2 Å². The number of amides is 1. The fourth-order valence-electron chi connectivity index (χ4n) is 3.57. The van der Waals surface area contributed by atoms with Crippen molar-refractivity contribution in [2.75, 3.05) is 19.5 Å². The molecule has 0 radical (unpaired) electrons. The van der Waals surface area contributed by atoms with E-state index in [2.05, 4.69) is 12.2 Å². The predicted octanol–water partition coefficient (Wildman–Crippen LogP) is 5.63. The van der Waals surface area contributed by atoms with Gasteiger partial charge in [-0.3, -0.25) is 4.79 Å². The highest BCUT2D eigenvalue weighted by Crippen LogP contribution is 2.41. The molecule has 3 aromatic carbocycles. The Morgan fingerprint density at radius 1 is 0.903 bits per heavy atom. The number of benzene rings is 3. The first-order valence-corrected chi connectivity index (χ1v) is 10.1. The van der Waals surface area contributed by atoms with Crippen LogP contribution in [0.3, 0.4) is 0 Å². The van der Waals surface area contributed by atoms with Gasteiger partial charge in [0.25, 0.3) is 5.91 Å². The van der Waals surface area contributed by atoms with E-state index < -0.39 is 0 Å². The molecule has 1 N–H and O–H groups in total. The van der Waals surface area contributed by atoms with Gasteiger partial charge in [-0.25, -0.2) is 0 Å². The Labute approximate surface area is 181 Å². The summed E-state index contributed by atoms with van der Waals surface area (Å²) in [6, 6.07) is 18.2. The van der Waals surface area contributed by atoms with Crippen LogP contribution >= 0.6 is 0 Å². The number of carbonyl (C=O) groups is 1. The van der Waals surface area contributed by atoms with Crippen LogP contribution in [0.4, 0.5) is 5.69 Å². The average molecular weight is 419 g/mol. The van der Waals surface area contributed by atoms with Crippen LogP contribution in [0.25, 0.3) is 0 Å². The SMILES string of the molecule is COc1ccc(Oc2cc(NC(=O)c3cccc4c3OC(C)C4C)ccc2OC)cc1. The fourth-order valence-corrected chi connectivity index (χ4v) is 3.57. The van der Waals surface area contributed by atoms with E-state index in [1.54, 1.807) is 50.6 Å². The third-order valence-corrected chi connectivity index (χ3v) is 5.50. The zero-order chi connectivity index (χ0) is 22.0. The summed E-state index contributed by atoms with van der Waals surface area (Å²) in [5.74, 6) is 3.07. The smallest absolute Gasteiger partial charge is 0.259 e. The second kappa shape index (κ2) is 8.60. The first-order chi connectivity index (χ1) is 15.0. The topological polar surface area (TPSA) is 66.0 Å². The lowest BCUT2D eigenvalue weighted by Crippen LogP contribution is -2.14. The molecule has 1 amide bonds. The van der Waals surface area contributed by atoms with Crippen LogP contribution in [-0.2, 0) is 0 Å². The largest absolute Gasteiger partial charge is 0.497 e. The summed E-state index contributed by atoms with van der Waals surface area (Å²) in [6.07, 6.45) is 0.0365. The van der Waals surface area contributed by atoms with Crippen LogP contribution in [0, 0.1) is 0 Å². The van der Waals surface area contributed by atoms with E-state index in [-0.39, 0.29) is 17.9 Å². The second-order valence-electron chi connectivity index (χ2n) is 7.43. The van der Waals surface area contributed by atoms with Gasteiger partial charge in [-0.2, -0.15) is 0 Å². The summed E-state index contributed by atoms with van der Waals surface area (Å²) < 4.78 is 22.5. The highest BCUT2D eigenvalue weighted by molar-refractivity contribution is 6.06. The van der Waals surface area contributed by atoms with Crippen molar-refractivity contribution < 1.29 is 23.7 Å². The number of anilines is 1. The molecule has 2 atom stereocenters. The number of nitrogens with one attached hydrogen (secondary N) is 1. The highest BCUT2D eigenvalue weighted by atomic mass is 16.5. The third kappa shape index (κ3) is 4.14. The minimum atomic E-state index is -0.237. The quantitative estimate of drug-likeness (QED) is 0.561. The maximum atomic E-state index is 13.0. The van der Waals surface area contributed by atoms with E-state index in [4.69, 9.17) is 18.9 Å². The molecule has 0 fully saturated rings. The Morgan fingerprint density at radius 3 is 2.35 bits per heavy atom.